The molecule has 1 aromatic heterocycles. The molecule has 0 bridgehead atoms. The van der Waals surface area contributed by atoms with Gasteiger partial charge < -0.3 is 10.0 Å². The number of aliphatic carboxylic acids is 1. The fraction of sp³-hybridized carbons (Fsp3) is 0.727. The van der Waals surface area contributed by atoms with Crippen molar-refractivity contribution in [1.29, 1.82) is 0 Å². The summed E-state index contributed by atoms with van der Waals surface area (Å²) < 4.78 is 1.55. The van der Waals surface area contributed by atoms with Crippen LogP contribution in [0.3, 0.4) is 0 Å². The number of nitrogens with one attached hydrogen (secondary N) is 1. The van der Waals surface area contributed by atoms with Crippen molar-refractivity contribution in [2.45, 2.75) is 24.5 Å². The third-order valence-electron chi connectivity index (χ3n) is 3.21. The molecular formula is C11H18N4O3S. The van der Waals surface area contributed by atoms with Crippen LogP contribution < -0.4 is 5.69 Å². The third-order valence-corrected chi connectivity index (χ3v) is 4.17. The Kier molecular flexibility index (Phi) is 4.65. The molecule has 8 heteroatoms. The Morgan fingerprint density at radius 3 is 3.11 bits per heavy atom. The number of hydrogen-bond donors (Lipinski definition) is 2. The second-order valence-corrected chi connectivity index (χ2v) is 5.82. The van der Waals surface area contributed by atoms with E-state index in [1.54, 1.807) is 4.57 Å². The van der Waals surface area contributed by atoms with E-state index in [0.29, 0.717) is 17.6 Å². The number of thioether (sulfide) groups is 1. The van der Waals surface area contributed by atoms with Crippen LogP contribution in [0, 0.1) is 5.92 Å². The molecule has 2 heterocycles. The number of hydrogen-bond acceptors (Lipinski definition) is 5. The van der Waals surface area contributed by atoms with Crippen LogP contribution in [-0.4, -0.2) is 56.6 Å². The first-order chi connectivity index (χ1) is 9.06. The summed E-state index contributed by atoms with van der Waals surface area (Å²) in [6.45, 7) is 2.65. The van der Waals surface area contributed by atoms with E-state index in [9.17, 15) is 9.59 Å². The fourth-order valence-corrected chi connectivity index (χ4v) is 3.06. The number of carboxylic acids is 1. The zero-order valence-corrected chi connectivity index (χ0v) is 11.7. The molecule has 1 unspecified atom stereocenters. The molecule has 0 radical (unpaired) electrons. The topological polar surface area (TPSA) is 91.2 Å². The summed E-state index contributed by atoms with van der Waals surface area (Å²) in [5.41, 5.74) is -0.263. The predicted octanol–water partition coefficient (Wildman–Crippen LogP) is 0.0899. The standard InChI is InChI=1S/C11H18N4O3S/c1-14-4-2-3-8(5-14)6-15-10(18)12-13-11(15)19-7-9(16)17/h8H,2-7H2,1H3,(H,12,18)(H,16,17). The minimum atomic E-state index is -0.913. The Hall–Kier alpha value is -1.28. The third kappa shape index (κ3) is 3.84. The lowest BCUT2D eigenvalue weighted by Crippen LogP contribution is -2.35. The lowest BCUT2D eigenvalue weighted by atomic mass is 9.98. The molecule has 1 saturated heterocycles. The maximum absolute atomic E-state index is 11.7. The predicted molar refractivity (Wildman–Crippen MR) is 71.4 cm³/mol. The first-order valence-corrected chi connectivity index (χ1v) is 7.23. The van der Waals surface area contributed by atoms with Gasteiger partial charge in [-0.1, -0.05) is 11.8 Å². The number of nitrogens with zero attached hydrogens (tertiary/aromatic N) is 3. The zero-order valence-electron chi connectivity index (χ0n) is 10.8. The highest BCUT2D eigenvalue weighted by Gasteiger charge is 2.20. The number of likely N-dealkylation sites (tertiary alicyclic amines) is 1. The van der Waals surface area contributed by atoms with Crippen LogP contribution in [0.1, 0.15) is 12.8 Å². The number of carboxylic acid groups (broad SMARTS) is 1. The molecule has 1 aromatic rings. The fourth-order valence-electron chi connectivity index (χ4n) is 2.38. The molecular weight excluding hydrogens is 268 g/mol. The van der Waals surface area contributed by atoms with Crippen molar-refractivity contribution < 1.29 is 9.90 Å². The smallest absolute Gasteiger partial charge is 0.343 e. The van der Waals surface area contributed by atoms with Crippen molar-refractivity contribution in [3.63, 3.8) is 0 Å². The van der Waals surface area contributed by atoms with Gasteiger partial charge in [0.25, 0.3) is 0 Å². The van der Waals surface area contributed by atoms with Gasteiger partial charge in [0, 0.05) is 13.1 Å². The van der Waals surface area contributed by atoms with Crippen molar-refractivity contribution in [1.82, 2.24) is 19.7 Å². The molecule has 0 amide bonds. The van der Waals surface area contributed by atoms with Crippen molar-refractivity contribution in [2.24, 2.45) is 5.92 Å². The van der Waals surface area contributed by atoms with Gasteiger partial charge in [0.1, 0.15) is 0 Å². The van der Waals surface area contributed by atoms with E-state index >= 15 is 0 Å². The van der Waals surface area contributed by atoms with Crippen molar-refractivity contribution >= 4 is 17.7 Å². The first-order valence-electron chi connectivity index (χ1n) is 6.24. The molecule has 7 nitrogen and oxygen atoms in total. The highest BCUT2D eigenvalue weighted by molar-refractivity contribution is 7.99. The molecule has 2 rings (SSSR count). The Bertz CT molecular complexity index is 498. The van der Waals surface area contributed by atoms with Gasteiger partial charge in [0.05, 0.1) is 5.75 Å². The summed E-state index contributed by atoms with van der Waals surface area (Å²) in [6.07, 6.45) is 2.22. The van der Waals surface area contributed by atoms with Crippen molar-refractivity contribution in [3.8, 4) is 0 Å². The molecule has 1 aliphatic rings. The van der Waals surface area contributed by atoms with E-state index in [0.717, 1.165) is 37.7 Å². The zero-order chi connectivity index (χ0) is 13.8. The van der Waals surface area contributed by atoms with Crippen LogP contribution in [0.15, 0.2) is 9.95 Å². The number of piperidine rings is 1. The largest absolute Gasteiger partial charge is 0.481 e. The maximum Gasteiger partial charge on any atom is 0.343 e. The molecule has 0 saturated carbocycles. The second-order valence-electron chi connectivity index (χ2n) is 4.87. The van der Waals surface area contributed by atoms with Crippen LogP contribution in [0.5, 0.6) is 0 Å². The minimum absolute atomic E-state index is 0.0884. The Morgan fingerprint density at radius 2 is 2.42 bits per heavy atom. The van der Waals surface area contributed by atoms with E-state index in [-0.39, 0.29) is 11.4 Å². The molecule has 0 aliphatic carbocycles. The normalized spacial score (nSPS) is 20.6. The maximum atomic E-state index is 11.7. The molecule has 106 valence electrons. The first kappa shape index (κ1) is 14.1. The molecule has 0 aromatic carbocycles. The summed E-state index contributed by atoms with van der Waals surface area (Å²) in [5, 5.41) is 15.4. The Labute approximate surface area is 115 Å². The Morgan fingerprint density at radius 1 is 1.63 bits per heavy atom. The van der Waals surface area contributed by atoms with E-state index in [4.69, 9.17) is 5.11 Å². The number of aromatic nitrogens is 3. The Balaban J connectivity index is 2.04. The number of rotatable bonds is 5. The monoisotopic (exact) mass is 286 g/mol. The second kappa shape index (κ2) is 6.25. The number of aromatic amines is 1. The number of carbonyl (C=O) groups is 1. The van der Waals surface area contributed by atoms with Gasteiger partial charge in [-0.15, -0.1) is 5.10 Å². The molecule has 1 atom stereocenters. The van der Waals surface area contributed by atoms with Crippen LogP contribution in [0.4, 0.5) is 0 Å². The quantitative estimate of drug-likeness (QED) is 0.745. The summed E-state index contributed by atoms with van der Waals surface area (Å²) in [4.78, 5) is 24.5. The van der Waals surface area contributed by atoms with Crippen molar-refractivity contribution in [3.05, 3.63) is 10.5 Å². The lowest BCUT2D eigenvalue weighted by molar-refractivity contribution is -0.133. The average Bonchev–Trinajstić information content (AvgIpc) is 2.68. The SMILES string of the molecule is CN1CCCC(Cn2c(SCC(=O)O)n[nH]c2=O)C1. The summed E-state index contributed by atoms with van der Waals surface area (Å²) >= 11 is 1.07. The van der Waals surface area contributed by atoms with Crippen LogP contribution in [0.2, 0.25) is 0 Å². The average molecular weight is 286 g/mol. The highest BCUT2D eigenvalue weighted by Crippen LogP contribution is 2.19. The lowest BCUT2D eigenvalue weighted by Gasteiger charge is -2.29. The van der Waals surface area contributed by atoms with E-state index in [2.05, 4.69) is 22.1 Å². The number of H-pyrrole nitrogens is 1. The van der Waals surface area contributed by atoms with E-state index in [1.807, 2.05) is 0 Å². The summed E-state index contributed by atoms with van der Waals surface area (Å²) in [7, 11) is 2.07. The molecule has 1 aliphatic heterocycles. The van der Waals surface area contributed by atoms with Crippen LogP contribution >= 0.6 is 11.8 Å². The van der Waals surface area contributed by atoms with Gasteiger partial charge in [-0.3, -0.25) is 9.36 Å². The van der Waals surface area contributed by atoms with Crippen molar-refractivity contribution in [2.75, 3.05) is 25.9 Å². The van der Waals surface area contributed by atoms with Crippen LogP contribution in [0.25, 0.3) is 0 Å². The van der Waals surface area contributed by atoms with E-state index < -0.39 is 5.97 Å². The van der Waals surface area contributed by atoms with Gasteiger partial charge in [-0.25, -0.2) is 9.89 Å². The minimum Gasteiger partial charge on any atom is -0.481 e. The van der Waals surface area contributed by atoms with Gasteiger partial charge in [0.15, 0.2) is 5.16 Å². The van der Waals surface area contributed by atoms with E-state index in [1.165, 1.54) is 0 Å². The highest BCUT2D eigenvalue weighted by atomic mass is 32.2. The van der Waals surface area contributed by atoms with Gasteiger partial charge in [0.2, 0.25) is 0 Å². The summed E-state index contributed by atoms with van der Waals surface area (Å²) in [5.74, 6) is -0.586. The van der Waals surface area contributed by atoms with Gasteiger partial charge in [-0.2, -0.15) is 0 Å². The molecule has 19 heavy (non-hydrogen) atoms. The molecule has 2 N–H and O–H groups in total. The molecule has 1 fully saturated rings. The summed E-state index contributed by atoms with van der Waals surface area (Å²) in [6, 6.07) is 0. The molecule has 0 spiro atoms. The van der Waals surface area contributed by atoms with Gasteiger partial charge >= 0.3 is 11.7 Å². The van der Waals surface area contributed by atoms with Crippen LogP contribution in [-0.2, 0) is 11.3 Å². The van der Waals surface area contributed by atoms with Gasteiger partial charge in [-0.05, 0) is 32.4 Å².